The molecule has 0 saturated carbocycles. The van der Waals surface area contributed by atoms with E-state index < -0.39 is 23.6 Å². The number of alkyl halides is 3. The normalized spacial score (nSPS) is 11.8. The van der Waals surface area contributed by atoms with Gasteiger partial charge in [0.25, 0.3) is 0 Å². The first kappa shape index (κ1) is 16.0. The lowest BCUT2D eigenvalue weighted by atomic mass is 10.1. The summed E-state index contributed by atoms with van der Waals surface area (Å²) in [6, 6.07) is 10.1. The summed E-state index contributed by atoms with van der Waals surface area (Å²) in [7, 11) is 0. The van der Waals surface area contributed by atoms with Gasteiger partial charge in [-0.25, -0.2) is 4.39 Å². The monoisotopic (exact) mass is 336 g/mol. The van der Waals surface area contributed by atoms with Gasteiger partial charge >= 0.3 is 6.18 Å². The number of hydrogen-bond acceptors (Lipinski definition) is 2. The summed E-state index contributed by atoms with van der Waals surface area (Å²) in [5.74, 6) is -1.24. The zero-order valence-corrected chi connectivity index (χ0v) is 12.3. The van der Waals surface area contributed by atoms with Gasteiger partial charge in [0.05, 0.1) is 11.9 Å². The number of nitrogen functional groups attached to an aromatic ring is 1. The predicted octanol–water partition coefficient (Wildman–Crippen LogP) is 4.26. The third-order valence-electron chi connectivity index (χ3n) is 3.63. The number of benzene rings is 2. The van der Waals surface area contributed by atoms with Crippen LogP contribution in [0.2, 0.25) is 0 Å². The predicted molar refractivity (Wildman–Crippen MR) is 82.1 cm³/mol. The van der Waals surface area contributed by atoms with Crippen molar-refractivity contribution in [1.82, 2.24) is 4.57 Å². The maximum absolute atomic E-state index is 13.3. The highest BCUT2D eigenvalue weighted by Crippen LogP contribution is 2.34. The first-order valence-corrected chi connectivity index (χ1v) is 7.01. The second-order valence-corrected chi connectivity index (χ2v) is 5.38. The van der Waals surface area contributed by atoms with Crippen LogP contribution >= 0.6 is 0 Å². The molecule has 2 aromatic carbocycles. The highest BCUT2D eigenvalue weighted by atomic mass is 19.4. The average molecular weight is 336 g/mol. The molecule has 0 spiro atoms. The van der Waals surface area contributed by atoms with Gasteiger partial charge in [-0.1, -0.05) is 12.1 Å². The molecule has 0 atom stereocenters. The standard InChI is InChI=1S/C17H12F4N2O/c18-12-3-1-10(2-4-12)7-16(24)23-14-6-5-13(22)8-11(14)9-15(23)17(19,20)21/h1-6,8-9H,7,22H2. The van der Waals surface area contributed by atoms with Gasteiger partial charge in [-0.05, 0) is 42.0 Å². The minimum Gasteiger partial charge on any atom is -0.399 e. The molecule has 24 heavy (non-hydrogen) atoms. The van der Waals surface area contributed by atoms with Gasteiger partial charge in [0.1, 0.15) is 11.5 Å². The summed E-state index contributed by atoms with van der Waals surface area (Å²) < 4.78 is 53.4. The second kappa shape index (κ2) is 5.67. The molecule has 1 heterocycles. The fourth-order valence-electron chi connectivity index (χ4n) is 2.57. The molecule has 0 radical (unpaired) electrons. The molecule has 124 valence electrons. The molecule has 3 nitrogen and oxygen atoms in total. The van der Waals surface area contributed by atoms with Gasteiger partial charge in [-0.3, -0.25) is 9.36 Å². The minimum absolute atomic E-state index is 0.128. The van der Waals surface area contributed by atoms with Crippen LogP contribution in [-0.2, 0) is 12.6 Å². The lowest BCUT2D eigenvalue weighted by Gasteiger charge is -2.12. The highest BCUT2D eigenvalue weighted by molar-refractivity contribution is 5.96. The molecule has 0 aliphatic carbocycles. The van der Waals surface area contributed by atoms with Crippen molar-refractivity contribution in [3.8, 4) is 0 Å². The number of carbonyl (C=O) groups excluding carboxylic acids is 1. The Morgan fingerprint density at radius 2 is 1.71 bits per heavy atom. The first-order chi connectivity index (χ1) is 11.3. The lowest BCUT2D eigenvalue weighted by molar-refractivity contribution is -0.142. The molecule has 7 heteroatoms. The van der Waals surface area contributed by atoms with Gasteiger partial charge in [0, 0.05) is 11.1 Å². The number of anilines is 1. The molecule has 0 bridgehead atoms. The molecule has 0 amide bonds. The quantitative estimate of drug-likeness (QED) is 0.561. The number of nitrogens with two attached hydrogens (primary N) is 1. The van der Waals surface area contributed by atoms with Crippen LogP contribution in [0.3, 0.4) is 0 Å². The summed E-state index contributed by atoms with van der Waals surface area (Å²) in [5, 5.41) is 0.231. The molecule has 0 unspecified atom stereocenters. The van der Waals surface area contributed by atoms with Crippen molar-refractivity contribution in [3.05, 3.63) is 65.6 Å². The van der Waals surface area contributed by atoms with Crippen LogP contribution in [0, 0.1) is 5.82 Å². The van der Waals surface area contributed by atoms with E-state index in [4.69, 9.17) is 5.73 Å². The number of aromatic nitrogens is 1. The van der Waals surface area contributed by atoms with Crippen molar-refractivity contribution in [2.24, 2.45) is 0 Å². The Morgan fingerprint density at radius 1 is 1.04 bits per heavy atom. The second-order valence-electron chi connectivity index (χ2n) is 5.38. The molecule has 0 aliphatic heterocycles. The van der Waals surface area contributed by atoms with E-state index in [1.807, 2.05) is 0 Å². The number of hydrogen-bond donors (Lipinski definition) is 1. The Balaban J connectivity index is 2.09. The summed E-state index contributed by atoms with van der Waals surface area (Å²) >= 11 is 0. The van der Waals surface area contributed by atoms with E-state index in [0.717, 1.165) is 18.2 Å². The van der Waals surface area contributed by atoms with E-state index in [1.165, 1.54) is 30.3 Å². The highest BCUT2D eigenvalue weighted by Gasteiger charge is 2.37. The van der Waals surface area contributed by atoms with Crippen molar-refractivity contribution < 1.29 is 22.4 Å². The van der Waals surface area contributed by atoms with Crippen LogP contribution in [0.1, 0.15) is 16.1 Å². The molecule has 3 rings (SSSR count). The van der Waals surface area contributed by atoms with Crippen molar-refractivity contribution in [3.63, 3.8) is 0 Å². The molecule has 3 aromatic rings. The lowest BCUT2D eigenvalue weighted by Crippen LogP contribution is -2.21. The summed E-state index contributed by atoms with van der Waals surface area (Å²) in [6.07, 6.45) is -4.97. The minimum atomic E-state index is -4.69. The van der Waals surface area contributed by atoms with Gasteiger partial charge in [0.2, 0.25) is 5.91 Å². The van der Waals surface area contributed by atoms with Gasteiger partial charge in [0.15, 0.2) is 0 Å². The largest absolute Gasteiger partial charge is 0.431 e. The molecule has 2 N–H and O–H groups in total. The number of nitrogens with zero attached hydrogens (tertiary/aromatic N) is 1. The fourth-order valence-corrected chi connectivity index (χ4v) is 2.57. The van der Waals surface area contributed by atoms with Gasteiger partial charge in [-0.2, -0.15) is 13.2 Å². The van der Waals surface area contributed by atoms with Crippen LogP contribution < -0.4 is 5.73 Å². The average Bonchev–Trinajstić information content (AvgIpc) is 2.88. The summed E-state index contributed by atoms with van der Waals surface area (Å²) in [5.41, 5.74) is 5.39. The fraction of sp³-hybridized carbons (Fsp3) is 0.118. The Labute approximate surface area is 134 Å². The van der Waals surface area contributed by atoms with Crippen molar-refractivity contribution >= 4 is 22.5 Å². The Hall–Kier alpha value is -2.83. The van der Waals surface area contributed by atoms with Crippen molar-refractivity contribution in [2.45, 2.75) is 12.6 Å². The third kappa shape index (κ3) is 2.97. The van der Waals surface area contributed by atoms with Crippen LogP contribution in [0.25, 0.3) is 10.9 Å². The summed E-state index contributed by atoms with van der Waals surface area (Å²) in [4.78, 5) is 12.5. The molecular weight excluding hydrogens is 324 g/mol. The first-order valence-electron chi connectivity index (χ1n) is 7.01. The van der Waals surface area contributed by atoms with E-state index in [9.17, 15) is 22.4 Å². The maximum Gasteiger partial charge on any atom is 0.431 e. The smallest absolute Gasteiger partial charge is 0.399 e. The van der Waals surface area contributed by atoms with E-state index in [-0.39, 0.29) is 17.3 Å². The molecule has 0 saturated heterocycles. The number of rotatable bonds is 2. The molecule has 1 aromatic heterocycles. The number of halogens is 4. The van der Waals surface area contributed by atoms with E-state index in [2.05, 4.69) is 0 Å². The maximum atomic E-state index is 13.3. The number of carbonyl (C=O) groups is 1. The van der Waals surface area contributed by atoms with Crippen LogP contribution in [0.4, 0.5) is 23.2 Å². The number of fused-ring (bicyclic) bond motifs is 1. The molecular formula is C17H12F4N2O. The van der Waals surface area contributed by atoms with Gasteiger partial charge < -0.3 is 5.73 Å². The van der Waals surface area contributed by atoms with Crippen LogP contribution in [0.15, 0.2) is 48.5 Å². The van der Waals surface area contributed by atoms with Crippen LogP contribution in [0.5, 0.6) is 0 Å². The van der Waals surface area contributed by atoms with Crippen LogP contribution in [-0.4, -0.2) is 10.5 Å². The van der Waals surface area contributed by atoms with E-state index >= 15 is 0 Å². The Bertz CT molecular complexity index is 911. The molecule has 0 aliphatic rings. The Kier molecular flexibility index (Phi) is 3.79. The summed E-state index contributed by atoms with van der Waals surface area (Å²) in [6.45, 7) is 0. The van der Waals surface area contributed by atoms with Crippen molar-refractivity contribution in [1.29, 1.82) is 0 Å². The topological polar surface area (TPSA) is 48.0 Å². The SMILES string of the molecule is Nc1ccc2c(c1)cc(C(F)(F)F)n2C(=O)Cc1ccc(F)cc1. The zero-order valence-electron chi connectivity index (χ0n) is 12.3. The zero-order chi connectivity index (χ0) is 17.5. The van der Waals surface area contributed by atoms with E-state index in [1.54, 1.807) is 0 Å². The van der Waals surface area contributed by atoms with Crippen molar-refractivity contribution in [2.75, 3.05) is 5.73 Å². The van der Waals surface area contributed by atoms with E-state index in [0.29, 0.717) is 15.8 Å². The molecule has 0 fully saturated rings. The third-order valence-corrected chi connectivity index (χ3v) is 3.63. The Morgan fingerprint density at radius 3 is 2.33 bits per heavy atom. The van der Waals surface area contributed by atoms with Gasteiger partial charge in [-0.15, -0.1) is 0 Å².